The molecule has 2 heterocycles. The fraction of sp³-hybridized carbons (Fsp3) is 0.500. The summed E-state index contributed by atoms with van der Waals surface area (Å²) in [5.74, 6) is 0. The Morgan fingerprint density at radius 3 is 2.95 bits per heavy atom. The minimum Gasteiger partial charge on any atom is -0.396 e. The van der Waals surface area contributed by atoms with Gasteiger partial charge in [-0.25, -0.2) is 0 Å². The first-order valence-corrected chi connectivity index (χ1v) is 7.57. The van der Waals surface area contributed by atoms with E-state index in [1.165, 1.54) is 0 Å². The van der Waals surface area contributed by atoms with Gasteiger partial charge >= 0.3 is 0 Å². The van der Waals surface area contributed by atoms with Gasteiger partial charge in [0.2, 0.25) is 0 Å². The molecule has 0 aliphatic carbocycles. The first-order valence-electron chi connectivity index (χ1n) is 7.20. The predicted octanol–water partition coefficient (Wildman–Crippen LogP) is 3.42. The summed E-state index contributed by atoms with van der Waals surface area (Å²) in [7, 11) is 0. The molecule has 0 bridgehead atoms. The van der Waals surface area contributed by atoms with Crippen molar-refractivity contribution in [2.45, 2.75) is 26.3 Å². The van der Waals surface area contributed by atoms with Crippen molar-refractivity contribution in [3.05, 3.63) is 35.0 Å². The zero-order valence-corrected chi connectivity index (χ0v) is 12.6. The number of aliphatic hydroxyl groups excluding tert-OH is 1. The normalized spacial score (nSPS) is 24.4. The van der Waals surface area contributed by atoms with Gasteiger partial charge < -0.3 is 10.1 Å². The molecule has 1 aliphatic rings. The van der Waals surface area contributed by atoms with Crippen LogP contribution in [0.25, 0.3) is 10.9 Å². The molecule has 0 saturated carbocycles. The van der Waals surface area contributed by atoms with Crippen molar-refractivity contribution in [2.24, 2.45) is 5.41 Å². The van der Waals surface area contributed by atoms with E-state index in [1.807, 2.05) is 18.2 Å². The van der Waals surface area contributed by atoms with Gasteiger partial charge in [-0.05, 0) is 25.5 Å². The van der Waals surface area contributed by atoms with E-state index in [4.69, 9.17) is 11.6 Å². The number of piperidine rings is 1. The van der Waals surface area contributed by atoms with Crippen LogP contribution in [0.5, 0.6) is 0 Å². The Morgan fingerprint density at radius 1 is 1.40 bits per heavy atom. The van der Waals surface area contributed by atoms with E-state index in [0.717, 1.165) is 54.1 Å². The number of rotatable bonds is 3. The van der Waals surface area contributed by atoms with Gasteiger partial charge in [0.1, 0.15) is 0 Å². The summed E-state index contributed by atoms with van der Waals surface area (Å²) >= 11 is 6.47. The highest BCUT2D eigenvalue weighted by molar-refractivity contribution is 6.36. The topological polar surface area (TPSA) is 39.3 Å². The van der Waals surface area contributed by atoms with Crippen molar-refractivity contribution >= 4 is 22.5 Å². The maximum atomic E-state index is 9.54. The Morgan fingerprint density at radius 2 is 2.20 bits per heavy atom. The lowest BCUT2D eigenvalue weighted by molar-refractivity contribution is 0.0425. The summed E-state index contributed by atoms with van der Waals surface area (Å²) in [6.07, 6.45) is 2.23. The Labute approximate surface area is 124 Å². The first-order chi connectivity index (χ1) is 9.61. The van der Waals surface area contributed by atoms with E-state index in [-0.39, 0.29) is 12.0 Å². The van der Waals surface area contributed by atoms with Gasteiger partial charge in [0.05, 0.1) is 5.02 Å². The average Bonchev–Trinajstić information content (AvgIpc) is 2.76. The van der Waals surface area contributed by atoms with Crippen LogP contribution in [0.15, 0.2) is 24.3 Å². The summed E-state index contributed by atoms with van der Waals surface area (Å²) in [6.45, 7) is 5.23. The molecule has 1 aromatic carbocycles. The van der Waals surface area contributed by atoms with E-state index in [9.17, 15) is 5.11 Å². The molecule has 0 radical (unpaired) electrons. The number of aromatic nitrogens is 1. The molecule has 2 aromatic rings. The number of nitrogens with zero attached hydrogens (tertiary/aromatic N) is 1. The molecule has 20 heavy (non-hydrogen) atoms. The van der Waals surface area contributed by atoms with Gasteiger partial charge in [-0.15, -0.1) is 0 Å². The Bertz CT molecular complexity index is 610. The van der Waals surface area contributed by atoms with Crippen molar-refractivity contribution in [2.75, 3.05) is 19.7 Å². The number of benzene rings is 1. The molecule has 1 saturated heterocycles. The van der Waals surface area contributed by atoms with E-state index >= 15 is 0 Å². The van der Waals surface area contributed by atoms with Gasteiger partial charge in [-0.1, -0.05) is 36.7 Å². The summed E-state index contributed by atoms with van der Waals surface area (Å²) in [4.78, 5) is 5.81. The van der Waals surface area contributed by atoms with Crippen LogP contribution >= 0.6 is 11.6 Å². The van der Waals surface area contributed by atoms with E-state index in [0.29, 0.717) is 0 Å². The number of aromatic amines is 1. The third-order valence-corrected chi connectivity index (χ3v) is 4.77. The molecule has 1 fully saturated rings. The maximum Gasteiger partial charge on any atom is 0.0705 e. The van der Waals surface area contributed by atoms with Crippen LogP contribution in [-0.4, -0.2) is 34.7 Å². The molecule has 1 aromatic heterocycles. The number of fused-ring (bicyclic) bond motifs is 1. The minimum absolute atomic E-state index is 0.0245. The Hall–Kier alpha value is -1.03. The van der Waals surface area contributed by atoms with Gasteiger partial charge in [-0.2, -0.15) is 0 Å². The molecule has 0 spiro atoms. The number of hydrogen-bond acceptors (Lipinski definition) is 2. The second-order valence-electron chi connectivity index (χ2n) is 6.25. The lowest BCUT2D eigenvalue weighted by atomic mass is 9.83. The number of para-hydroxylation sites is 1. The number of aliphatic hydroxyl groups is 1. The lowest BCUT2D eigenvalue weighted by Crippen LogP contribution is -2.43. The second-order valence-corrected chi connectivity index (χ2v) is 6.62. The molecule has 0 unspecified atom stereocenters. The van der Waals surface area contributed by atoms with Crippen molar-refractivity contribution < 1.29 is 5.11 Å². The first kappa shape index (κ1) is 13.9. The molecular formula is C16H21ClN2O. The largest absolute Gasteiger partial charge is 0.396 e. The average molecular weight is 293 g/mol. The molecule has 3 rings (SSSR count). The molecule has 1 atom stereocenters. The lowest BCUT2D eigenvalue weighted by Gasteiger charge is -2.39. The fourth-order valence-electron chi connectivity index (χ4n) is 3.19. The summed E-state index contributed by atoms with van der Waals surface area (Å²) in [6, 6.07) is 8.13. The van der Waals surface area contributed by atoms with Crippen molar-refractivity contribution in [1.29, 1.82) is 0 Å². The summed E-state index contributed by atoms with van der Waals surface area (Å²) in [5, 5.41) is 11.5. The molecular weight excluding hydrogens is 272 g/mol. The van der Waals surface area contributed by atoms with Crippen LogP contribution in [0, 0.1) is 5.41 Å². The van der Waals surface area contributed by atoms with Crippen LogP contribution in [0.3, 0.4) is 0 Å². The third-order valence-electron chi connectivity index (χ3n) is 4.34. The van der Waals surface area contributed by atoms with Crippen LogP contribution in [0.1, 0.15) is 25.5 Å². The van der Waals surface area contributed by atoms with Crippen LogP contribution in [-0.2, 0) is 6.54 Å². The smallest absolute Gasteiger partial charge is 0.0705 e. The monoisotopic (exact) mass is 292 g/mol. The quantitative estimate of drug-likeness (QED) is 0.910. The number of nitrogens with one attached hydrogen (secondary N) is 1. The highest BCUT2D eigenvalue weighted by atomic mass is 35.5. The third kappa shape index (κ3) is 2.58. The Balaban J connectivity index is 1.81. The van der Waals surface area contributed by atoms with Crippen LogP contribution < -0.4 is 0 Å². The van der Waals surface area contributed by atoms with Gasteiger partial charge in [-0.3, -0.25) is 4.90 Å². The molecule has 1 aliphatic heterocycles. The number of halogens is 1. The highest BCUT2D eigenvalue weighted by Gasteiger charge is 2.30. The van der Waals surface area contributed by atoms with Crippen molar-refractivity contribution in [1.82, 2.24) is 9.88 Å². The van der Waals surface area contributed by atoms with Crippen LogP contribution in [0.4, 0.5) is 0 Å². The molecule has 2 N–H and O–H groups in total. The van der Waals surface area contributed by atoms with Gasteiger partial charge in [0.15, 0.2) is 0 Å². The van der Waals surface area contributed by atoms with E-state index in [2.05, 4.69) is 22.9 Å². The van der Waals surface area contributed by atoms with E-state index < -0.39 is 0 Å². The SMILES string of the molecule is C[C@@]1(CO)CCCN(Cc2[nH]c3ccccc3c2Cl)C1. The minimum atomic E-state index is 0.0245. The van der Waals surface area contributed by atoms with Crippen LogP contribution in [0.2, 0.25) is 5.02 Å². The van der Waals surface area contributed by atoms with Gasteiger partial charge in [0, 0.05) is 41.7 Å². The summed E-state index contributed by atoms with van der Waals surface area (Å²) < 4.78 is 0. The standard InChI is InChI=1S/C16H21ClN2O/c1-16(11-20)7-4-8-19(10-16)9-14-15(17)12-5-2-3-6-13(12)18-14/h2-3,5-6,18,20H,4,7-11H2,1H3/t16-/m1/s1. The number of hydrogen-bond donors (Lipinski definition) is 2. The zero-order chi connectivity index (χ0) is 14.2. The molecule has 0 amide bonds. The molecule has 3 nitrogen and oxygen atoms in total. The van der Waals surface area contributed by atoms with Crippen molar-refractivity contribution in [3.63, 3.8) is 0 Å². The van der Waals surface area contributed by atoms with Crippen molar-refractivity contribution in [3.8, 4) is 0 Å². The predicted molar refractivity (Wildman–Crippen MR) is 83.0 cm³/mol. The van der Waals surface area contributed by atoms with E-state index in [1.54, 1.807) is 0 Å². The number of likely N-dealkylation sites (tertiary alicyclic amines) is 1. The maximum absolute atomic E-state index is 9.54. The summed E-state index contributed by atoms with van der Waals surface area (Å²) in [5.41, 5.74) is 2.20. The zero-order valence-electron chi connectivity index (χ0n) is 11.8. The van der Waals surface area contributed by atoms with Gasteiger partial charge in [0.25, 0.3) is 0 Å². The highest BCUT2D eigenvalue weighted by Crippen LogP contribution is 2.32. The fourth-order valence-corrected chi connectivity index (χ4v) is 3.46. The number of H-pyrrole nitrogens is 1. The molecule has 4 heteroatoms. The second kappa shape index (κ2) is 5.40. The Kier molecular flexibility index (Phi) is 3.76. The molecule has 108 valence electrons.